The lowest BCUT2D eigenvalue weighted by Gasteiger charge is -2.12. The van der Waals surface area contributed by atoms with Crippen LogP contribution in [-0.4, -0.2) is 11.9 Å². The maximum atomic E-state index is 11.8. The van der Waals surface area contributed by atoms with Crippen molar-refractivity contribution in [1.29, 1.82) is 0 Å². The molecule has 0 radical (unpaired) electrons. The molecule has 0 heterocycles. The minimum atomic E-state index is -0.0422. The van der Waals surface area contributed by atoms with Crippen molar-refractivity contribution >= 4 is 12.0 Å². The maximum absolute atomic E-state index is 11.8. The molecule has 1 N–H and O–H groups in total. The van der Waals surface area contributed by atoms with Crippen LogP contribution in [-0.2, 0) is 11.2 Å². The average Bonchev–Trinajstić information content (AvgIpc) is 2.53. The third-order valence-electron chi connectivity index (χ3n) is 3.32. The van der Waals surface area contributed by atoms with E-state index in [2.05, 4.69) is 17.4 Å². The Labute approximate surface area is 126 Å². The molecule has 1 amide bonds. The van der Waals surface area contributed by atoms with Gasteiger partial charge in [0.15, 0.2) is 0 Å². The number of carbonyl (C=O) groups is 1. The SMILES string of the molecule is CC(CCc1ccccc1)NC(=O)/C=C/c1ccccc1. The van der Waals surface area contributed by atoms with Gasteiger partial charge < -0.3 is 5.32 Å². The molecular formula is C19H21NO. The van der Waals surface area contributed by atoms with Crippen molar-refractivity contribution < 1.29 is 4.79 Å². The number of rotatable bonds is 6. The predicted molar refractivity (Wildman–Crippen MR) is 87.8 cm³/mol. The normalized spacial score (nSPS) is 12.2. The second-order valence-electron chi connectivity index (χ2n) is 5.18. The van der Waals surface area contributed by atoms with Gasteiger partial charge in [-0.1, -0.05) is 60.7 Å². The molecule has 2 aromatic rings. The van der Waals surface area contributed by atoms with Gasteiger partial charge in [-0.05, 0) is 37.0 Å². The summed E-state index contributed by atoms with van der Waals surface area (Å²) >= 11 is 0. The number of carbonyl (C=O) groups excluding carboxylic acids is 1. The largest absolute Gasteiger partial charge is 0.350 e. The Morgan fingerprint density at radius 3 is 2.33 bits per heavy atom. The molecule has 0 aromatic heterocycles. The molecule has 2 heteroatoms. The van der Waals surface area contributed by atoms with Crippen molar-refractivity contribution in [1.82, 2.24) is 5.32 Å². The van der Waals surface area contributed by atoms with Crippen molar-refractivity contribution in [2.75, 3.05) is 0 Å². The molecule has 0 saturated heterocycles. The topological polar surface area (TPSA) is 29.1 Å². The number of nitrogens with one attached hydrogen (secondary N) is 1. The Morgan fingerprint density at radius 1 is 1.05 bits per heavy atom. The molecular weight excluding hydrogens is 258 g/mol. The Kier molecular flexibility index (Phi) is 5.77. The number of hydrogen-bond donors (Lipinski definition) is 1. The lowest BCUT2D eigenvalue weighted by molar-refractivity contribution is -0.117. The number of benzene rings is 2. The van der Waals surface area contributed by atoms with Crippen molar-refractivity contribution in [2.24, 2.45) is 0 Å². The van der Waals surface area contributed by atoms with Crippen LogP contribution < -0.4 is 5.32 Å². The monoisotopic (exact) mass is 279 g/mol. The fraction of sp³-hybridized carbons (Fsp3) is 0.211. The molecule has 0 fully saturated rings. The smallest absolute Gasteiger partial charge is 0.244 e. The fourth-order valence-corrected chi connectivity index (χ4v) is 2.13. The molecule has 0 aliphatic heterocycles. The highest BCUT2D eigenvalue weighted by atomic mass is 16.1. The van der Waals surface area contributed by atoms with Gasteiger partial charge in [0.2, 0.25) is 5.91 Å². The van der Waals surface area contributed by atoms with Crippen LogP contribution in [0.2, 0.25) is 0 Å². The van der Waals surface area contributed by atoms with E-state index in [0.717, 1.165) is 18.4 Å². The van der Waals surface area contributed by atoms with Crippen molar-refractivity contribution in [3.63, 3.8) is 0 Å². The highest BCUT2D eigenvalue weighted by Crippen LogP contribution is 2.05. The first kappa shape index (κ1) is 15.0. The number of hydrogen-bond acceptors (Lipinski definition) is 1. The van der Waals surface area contributed by atoms with Gasteiger partial charge in [0, 0.05) is 12.1 Å². The summed E-state index contributed by atoms with van der Waals surface area (Å²) in [6.45, 7) is 2.04. The molecule has 1 atom stereocenters. The van der Waals surface area contributed by atoms with E-state index in [4.69, 9.17) is 0 Å². The van der Waals surface area contributed by atoms with E-state index in [1.54, 1.807) is 6.08 Å². The third kappa shape index (κ3) is 5.65. The molecule has 2 aromatic carbocycles. The Hall–Kier alpha value is -2.35. The van der Waals surface area contributed by atoms with Crippen LogP contribution in [0.5, 0.6) is 0 Å². The first-order valence-corrected chi connectivity index (χ1v) is 7.31. The van der Waals surface area contributed by atoms with E-state index >= 15 is 0 Å². The Morgan fingerprint density at radius 2 is 1.67 bits per heavy atom. The molecule has 0 aliphatic carbocycles. The molecule has 0 aliphatic rings. The summed E-state index contributed by atoms with van der Waals surface area (Å²) in [4.78, 5) is 11.8. The van der Waals surface area contributed by atoms with Gasteiger partial charge in [-0.3, -0.25) is 4.79 Å². The molecule has 0 spiro atoms. The summed E-state index contributed by atoms with van der Waals surface area (Å²) in [6, 6.07) is 20.3. The van der Waals surface area contributed by atoms with E-state index in [-0.39, 0.29) is 11.9 Å². The van der Waals surface area contributed by atoms with E-state index in [1.807, 2.05) is 61.5 Å². The van der Waals surface area contributed by atoms with Gasteiger partial charge in [-0.25, -0.2) is 0 Å². The molecule has 2 nitrogen and oxygen atoms in total. The van der Waals surface area contributed by atoms with Crippen LogP contribution in [0.15, 0.2) is 66.7 Å². The lowest BCUT2D eigenvalue weighted by Crippen LogP contribution is -2.31. The van der Waals surface area contributed by atoms with Gasteiger partial charge >= 0.3 is 0 Å². The van der Waals surface area contributed by atoms with Crippen molar-refractivity contribution in [3.05, 3.63) is 77.9 Å². The average molecular weight is 279 g/mol. The number of aryl methyl sites for hydroxylation is 1. The quantitative estimate of drug-likeness (QED) is 0.800. The summed E-state index contributed by atoms with van der Waals surface area (Å²) in [7, 11) is 0. The van der Waals surface area contributed by atoms with Gasteiger partial charge in [-0.2, -0.15) is 0 Å². The fourth-order valence-electron chi connectivity index (χ4n) is 2.13. The van der Waals surface area contributed by atoms with Gasteiger partial charge in [0.1, 0.15) is 0 Å². The summed E-state index contributed by atoms with van der Waals surface area (Å²) < 4.78 is 0. The minimum Gasteiger partial charge on any atom is -0.350 e. The zero-order valence-corrected chi connectivity index (χ0v) is 12.3. The zero-order valence-electron chi connectivity index (χ0n) is 12.3. The van der Waals surface area contributed by atoms with E-state index in [0.29, 0.717) is 0 Å². The second kappa shape index (κ2) is 8.05. The Balaban J connectivity index is 1.76. The van der Waals surface area contributed by atoms with Crippen molar-refractivity contribution in [2.45, 2.75) is 25.8 Å². The highest BCUT2D eigenvalue weighted by molar-refractivity contribution is 5.91. The second-order valence-corrected chi connectivity index (χ2v) is 5.18. The molecule has 0 bridgehead atoms. The molecule has 21 heavy (non-hydrogen) atoms. The third-order valence-corrected chi connectivity index (χ3v) is 3.32. The van der Waals surface area contributed by atoms with Gasteiger partial charge in [0.25, 0.3) is 0 Å². The van der Waals surface area contributed by atoms with Crippen LogP contribution in [0.1, 0.15) is 24.5 Å². The lowest BCUT2D eigenvalue weighted by atomic mass is 10.1. The van der Waals surface area contributed by atoms with Crippen LogP contribution >= 0.6 is 0 Å². The molecule has 1 unspecified atom stereocenters. The number of amides is 1. The van der Waals surface area contributed by atoms with E-state index < -0.39 is 0 Å². The van der Waals surface area contributed by atoms with Crippen LogP contribution in [0.4, 0.5) is 0 Å². The summed E-state index contributed by atoms with van der Waals surface area (Å²) in [6.07, 6.45) is 5.34. The maximum Gasteiger partial charge on any atom is 0.244 e. The summed E-state index contributed by atoms with van der Waals surface area (Å²) in [5, 5.41) is 2.99. The van der Waals surface area contributed by atoms with Crippen LogP contribution in [0.25, 0.3) is 6.08 Å². The highest BCUT2D eigenvalue weighted by Gasteiger charge is 2.04. The van der Waals surface area contributed by atoms with Crippen molar-refractivity contribution in [3.8, 4) is 0 Å². The Bertz CT molecular complexity index is 575. The standard InChI is InChI=1S/C19H21NO/c1-16(12-13-17-8-4-2-5-9-17)20-19(21)15-14-18-10-6-3-7-11-18/h2-11,14-16H,12-13H2,1H3,(H,20,21)/b15-14+. The van der Waals surface area contributed by atoms with Gasteiger partial charge in [-0.15, -0.1) is 0 Å². The van der Waals surface area contributed by atoms with Crippen LogP contribution in [0.3, 0.4) is 0 Å². The predicted octanol–water partition coefficient (Wildman–Crippen LogP) is 3.84. The zero-order chi connectivity index (χ0) is 14.9. The molecule has 2 rings (SSSR count). The van der Waals surface area contributed by atoms with Crippen LogP contribution in [0, 0.1) is 0 Å². The molecule has 0 saturated carbocycles. The minimum absolute atomic E-state index is 0.0422. The van der Waals surface area contributed by atoms with E-state index in [9.17, 15) is 4.79 Å². The first-order chi connectivity index (χ1) is 10.2. The molecule has 108 valence electrons. The van der Waals surface area contributed by atoms with E-state index in [1.165, 1.54) is 5.56 Å². The van der Waals surface area contributed by atoms with Gasteiger partial charge in [0.05, 0.1) is 0 Å². The summed E-state index contributed by atoms with van der Waals surface area (Å²) in [5.41, 5.74) is 2.34. The summed E-state index contributed by atoms with van der Waals surface area (Å²) in [5.74, 6) is -0.0422. The first-order valence-electron chi connectivity index (χ1n) is 7.31.